The Morgan fingerprint density at radius 2 is 0.670 bits per heavy atom. The van der Waals surface area contributed by atoms with Crippen molar-refractivity contribution in [3.05, 3.63) is 307 Å². The molecule has 0 bridgehead atoms. The van der Waals surface area contributed by atoms with Crippen molar-refractivity contribution < 1.29 is 13.7 Å². The Hall–Kier alpha value is -10.9. The molecular formula is C101H97BN4. The van der Waals surface area contributed by atoms with Crippen LogP contribution in [0.25, 0.3) is 99.5 Å². The molecule has 2 aromatic heterocycles. The SMILES string of the molecule is [2H]c1c([2H])c([2H])c2c(c1[2H])c1cc(CC(C)(C)C)ccc1n2-c1ccc2c(c1)N(c1c(-c3ccccc3)cc(C(C)(C)C)cc1-c1ccccc1)c1cc(C([2H])([2H])C(C)(C)C)cc3c1B2c1ccc(-n2c4ccc(CC(C)(C)C)cc4c4c([2H])c([2H])c([2H])c([2H])c42)cc1N3c1c(-c2ccccc2)cc(C(C)(C)C)cc1-c1ccccc1. The summed E-state index contributed by atoms with van der Waals surface area (Å²) in [5.41, 5.74) is 21.2. The molecule has 4 nitrogen and oxygen atoms in total. The standard InChI is InChI=1S/C101H97BN4/c1-97(2,3)62-65-44-50-88-82(52-65)76-40-28-30-42-86(76)103(88)74-46-48-84-90(60-74)105(95-78(68-32-20-16-21-33-68)56-72(100(10,11)12)57-79(95)69-34-22-17-23-35-69)92-54-67(64-99(7,8)9)55-93-94(92)102(84)85-49-47-75(104-87-43-31-29-41-77(87)83-53-66(45-51-89(83)104)63-98(4,5)6)61-91(85)106(93)96-80(70-36-24-18-25-37-70)58-73(101(13,14)15)59-81(96)71-38-26-19-27-39-71/h16-61H,62-64H2,1-15H3/i28D,29D,30D,31D,40D,41D,42D,43D,64D2. The highest BCUT2D eigenvalue weighted by atomic mass is 15.2. The molecule has 0 atom stereocenters. The van der Waals surface area contributed by atoms with E-state index in [1.807, 2.05) is 54.2 Å². The molecule has 0 N–H and O–H groups in total. The van der Waals surface area contributed by atoms with Gasteiger partial charge in [-0.2, -0.15) is 0 Å². The lowest BCUT2D eigenvalue weighted by molar-refractivity contribution is 0.411. The second-order valence-electron chi connectivity index (χ2n) is 35.0. The van der Waals surface area contributed by atoms with Gasteiger partial charge in [-0.15, -0.1) is 0 Å². The molecule has 0 radical (unpaired) electrons. The fourth-order valence-corrected chi connectivity index (χ4v) is 16.7. The smallest absolute Gasteiger partial charge is 0.252 e. The lowest BCUT2D eigenvalue weighted by Gasteiger charge is -2.46. The third-order valence-corrected chi connectivity index (χ3v) is 21.2. The fraction of sp³-hybridized carbons (Fsp3) is 0.228. The molecule has 106 heavy (non-hydrogen) atoms. The van der Waals surface area contributed by atoms with Crippen LogP contribution in [0.3, 0.4) is 0 Å². The maximum atomic E-state index is 10.9. The van der Waals surface area contributed by atoms with Gasteiger partial charge in [-0.1, -0.05) is 286 Å². The van der Waals surface area contributed by atoms with Crippen LogP contribution in [0.2, 0.25) is 0 Å². The molecule has 0 aliphatic carbocycles. The first-order valence-electron chi connectivity index (χ1n) is 42.5. The minimum Gasteiger partial charge on any atom is -0.310 e. The molecular weight excluding hydrogens is 1280 g/mol. The molecule has 13 aromatic carbocycles. The van der Waals surface area contributed by atoms with Crippen LogP contribution in [0.4, 0.5) is 34.1 Å². The van der Waals surface area contributed by atoms with Crippen LogP contribution in [0.15, 0.2) is 279 Å². The van der Waals surface area contributed by atoms with Gasteiger partial charge in [0.1, 0.15) is 0 Å². The van der Waals surface area contributed by atoms with Gasteiger partial charge >= 0.3 is 0 Å². The van der Waals surface area contributed by atoms with Crippen molar-refractivity contribution >= 4 is 101 Å². The lowest BCUT2D eigenvalue weighted by Crippen LogP contribution is -2.61. The van der Waals surface area contributed by atoms with E-state index < -0.39 is 18.5 Å². The fourth-order valence-electron chi connectivity index (χ4n) is 16.7. The van der Waals surface area contributed by atoms with Crippen LogP contribution in [-0.4, -0.2) is 15.8 Å². The number of rotatable bonds is 11. The summed E-state index contributed by atoms with van der Waals surface area (Å²) in [7, 11) is 0. The Morgan fingerprint density at radius 1 is 0.321 bits per heavy atom. The Labute approximate surface area is 642 Å². The van der Waals surface area contributed by atoms with Crippen LogP contribution >= 0.6 is 0 Å². The number of nitrogens with zero attached hydrogens (tertiary/aromatic N) is 4. The van der Waals surface area contributed by atoms with Crippen LogP contribution in [0.5, 0.6) is 0 Å². The summed E-state index contributed by atoms with van der Waals surface area (Å²) in [5.74, 6) is 0. The first-order valence-corrected chi connectivity index (χ1v) is 37.5. The summed E-state index contributed by atoms with van der Waals surface area (Å²) in [4.78, 5) is 4.82. The number of aromatic nitrogens is 2. The Kier molecular flexibility index (Phi) is 13.8. The van der Waals surface area contributed by atoms with E-state index in [9.17, 15) is 13.7 Å². The zero-order valence-electron chi connectivity index (χ0n) is 73.7. The van der Waals surface area contributed by atoms with Crippen molar-refractivity contribution in [1.82, 2.24) is 9.13 Å². The van der Waals surface area contributed by atoms with E-state index in [1.54, 1.807) is 0 Å². The average Bonchev–Trinajstić information content (AvgIpc) is 0.952. The summed E-state index contributed by atoms with van der Waals surface area (Å²) in [6, 6.07) is 79.7. The van der Waals surface area contributed by atoms with E-state index in [-0.39, 0.29) is 70.0 Å². The quantitative estimate of drug-likeness (QED) is 0.120. The third kappa shape index (κ3) is 12.2. The molecule has 15 aromatic rings. The van der Waals surface area contributed by atoms with Crippen LogP contribution in [-0.2, 0) is 30.0 Å². The zero-order chi connectivity index (χ0) is 82.3. The van der Waals surface area contributed by atoms with E-state index in [4.69, 9.17) is 0 Å². The Bertz CT molecular complexity index is 6050. The first-order chi connectivity index (χ1) is 54.8. The van der Waals surface area contributed by atoms with Crippen molar-refractivity contribution in [3.8, 4) is 55.9 Å². The zero-order valence-corrected chi connectivity index (χ0v) is 63.7. The highest BCUT2D eigenvalue weighted by Gasteiger charge is 2.46. The number of fused-ring (bicyclic) bond motifs is 10. The van der Waals surface area contributed by atoms with Crippen molar-refractivity contribution in [2.45, 2.75) is 134 Å². The number of benzene rings is 13. The van der Waals surface area contributed by atoms with Crippen molar-refractivity contribution in [2.24, 2.45) is 16.2 Å². The molecule has 0 saturated carbocycles. The van der Waals surface area contributed by atoms with E-state index in [2.05, 4.69) is 299 Å². The van der Waals surface area contributed by atoms with Crippen LogP contribution < -0.4 is 26.2 Å². The number of para-hydroxylation sites is 2. The maximum absolute atomic E-state index is 10.9. The predicted octanol–water partition coefficient (Wildman–Crippen LogP) is 26.0. The van der Waals surface area contributed by atoms with Gasteiger partial charge in [0.2, 0.25) is 0 Å². The summed E-state index contributed by atoms with van der Waals surface area (Å²) in [6.07, 6.45) is -0.594. The van der Waals surface area contributed by atoms with Gasteiger partial charge in [0, 0.05) is 80.7 Å². The molecule has 2 aliphatic heterocycles. The number of hydrogen-bond donors (Lipinski definition) is 0. The van der Waals surface area contributed by atoms with Crippen LogP contribution in [0, 0.1) is 16.2 Å². The Morgan fingerprint density at radius 3 is 1.00 bits per heavy atom. The molecule has 0 fully saturated rings. The minimum atomic E-state index is -2.05. The molecule has 0 spiro atoms. The highest BCUT2D eigenvalue weighted by molar-refractivity contribution is 7.00. The van der Waals surface area contributed by atoms with Gasteiger partial charge in [0.05, 0.1) is 44.4 Å². The molecule has 0 saturated heterocycles. The third-order valence-electron chi connectivity index (χ3n) is 21.2. The molecule has 0 amide bonds. The topological polar surface area (TPSA) is 16.3 Å². The number of hydrogen-bond acceptors (Lipinski definition) is 2. The lowest BCUT2D eigenvalue weighted by atomic mass is 9.33. The molecule has 2 aliphatic rings. The molecule has 5 heteroatoms. The van der Waals surface area contributed by atoms with E-state index in [0.717, 1.165) is 130 Å². The second-order valence-corrected chi connectivity index (χ2v) is 35.0. The molecule has 0 unspecified atom stereocenters. The van der Waals surface area contributed by atoms with E-state index in [0.29, 0.717) is 60.5 Å². The van der Waals surface area contributed by atoms with Gasteiger partial charge in [-0.3, -0.25) is 0 Å². The van der Waals surface area contributed by atoms with E-state index in [1.165, 1.54) is 0 Å². The molecule has 17 rings (SSSR count). The average molecular weight is 1390 g/mol. The van der Waals surface area contributed by atoms with Crippen molar-refractivity contribution in [1.29, 1.82) is 0 Å². The normalized spacial score (nSPS) is 14.8. The number of anilines is 6. The van der Waals surface area contributed by atoms with Crippen molar-refractivity contribution in [3.63, 3.8) is 0 Å². The van der Waals surface area contributed by atoms with Gasteiger partial charge in [0.15, 0.2) is 0 Å². The summed E-state index contributed by atoms with van der Waals surface area (Å²) in [5, 5.41) is 2.28. The molecule has 524 valence electrons. The van der Waals surface area contributed by atoms with Gasteiger partial charge < -0.3 is 18.9 Å². The van der Waals surface area contributed by atoms with Gasteiger partial charge in [-0.05, 0) is 210 Å². The summed E-state index contributed by atoms with van der Waals surface area (Å²) < 4.78 is 103. The summed E-state index contributed by atoms with van der Waals surface area (Å²) in [6.45, 7) is 32.0. The predicted molar refractivity (Wildman–Crippen MR) is 458 cm³/mol. The first kappa shape index (κ1) is 57.4. The van der Waals surface area contributed by atoms with Crippen LogP contribution in [0.1, 0.15) is 145 Å². The summed E-state index contributed by atoms with van der Waals surface area (Å²) >= 11 is 0. The monoisotopic (exact) mass is 1390 g/mol. The minimum absolute atomic E-state index is 0.0992. The molecule has 4 heterocycles. The largest absolute Gasteiger partial charge is 0.310 e. The van der Waals surface area contributed by atoms with Gasteiger partial charge in [0.25, 0.3) is 6.71 Å². The second kappa shape index (κ2) is 25.4. The van der Waals surface area contributed by atoms with E-state index >= 15 is 0 Å². The maximum Gasteiger partial charge on any atom is 0.252 e. The Balaban J connectivity index is 1.10. The highest BCUT2D eigenvalue weighted by Crippen LogP contribution is 2.56. The van der Waals surface area contributed by atoms with Crippen molar-refractivity contribution in [2.75, 3.05) is 9.80 Å². The van der Waals surface area contributed by atoms with Gasteiger partial charge in [-0.25, -0.2) is 0 Å².